The molecule has 0 radical (unpaired) electrons. The molecule has 4 heteroatoms. The highest BCUT2D eigenvalue weighted by molar-refractivity contribution is 9.10. The van der Waals surface area contributed by atoms with E-state index in [1.165, 1.54) is 11.3 Å². The molecule has 0 bridgehead atoms. The van der Waals surface area contributed by atoms with Crippen LogP contribution in [0.1, 0.15) is 32.4 Å². The summed E-state index contributed by atoms with van der Waals surface area (Å²) < 4.78 is 6.32. The van der Waals surface area contributed by atoms with Crippen LogP contribution in [0.4, 0.5) is 5.69 Å². The Morgan fingerprint density at radius 1 is 1.37 bits per heavy atom. The summed E-state index contributed by atoms with van der Waals surface area (Å²) in [6.07, 6.45) is 0. The van der Waals surface area contributed by atoms with Gasteiger partial charge in [0.15, 0.2) is 0 Å². The number of nitrogens with one attached hydrogen (secondary N) is 1. The van der Waals surface area contributed by atoms with Crippen molar-refractivity contribution >= 4 is 21.6 Å². The van der Waals surface area contributed by atoms with Gasteiger partial charge in [0.2, 0.25) is 0 Å². The maximum Gasteiger partial charge on any atom is 0.0637 e. The summed E-state index contributed by atoms with van der Waals surface area (Å²) in [6, 6.07) is 6.94. The number of hydrogen-bond donors (Lipinski definition) is 1. The van der Waals surface area contributed by atoms with Crippen molar-refractivity contribution in [2.75, 3.05) is 38.3 Å². The molecule has 0 amide bonds. The Labute approximate surface area is 125 Å². The molecule has 19 heavy (non-hydrogen) atoms. The molecule has 0 heterocycles. The number of anilines is 1. The van der Waals surface area contributed by atoms with E-state index in [2.05, 4.69) is 65.1 Å². The first-order valence-corrected chi connectivity index (χ1v) is 7.70. The van der Waals surface area contributed by atoms with Gasteiger partial charge in [0, 0.05) is 36.4 Å². The third-order valence-corrected chi connectivity index (χ3v) is 3.96. The number of halogens is 1. The zero-order valence-electron chi connectivity index (χ0n) is 12.4. The molecule has 0 aromatic heterocycles. The van der Waals surface area contributed by atoms with E-state index < -0.39 is 0 Å². The minimum atomic E-state index is 0.363. The number of ether oxygens (including phenoxy) is 1. The topological polar surface area (TPSA) is 24.5 Å². The maximum atomic E-state index is 5.16. The average molecular weight is 329 g/mol. The van der Waals surface area contributed by atoms with E-state index >= 15 is 0 Å². The first-order chi connectivity index (χ1) is 9.13. The van der Waals surface area contributed by atoms with Crippen LogP contribution in [0, 0.1) is 0 Å². The van der Waals surface area contributed by atoms with Gasteiger partial charge >= 0.3 is 0 Å². The number of methoxy groups -OCH3 is 1. The van der Waals surface area contributed by atoms with Gasteiger partial charge in [-0.05, 0) is 38.1 Å². The molecule has 1 unspecified atom stereocenters. The van der Waals surface area contributed by atoms with Crippen LogP contribution in [-0.4, -0.2) is 33.4 Å². The van der Waals surface area contributed by atoms with Gasteiger partial charge in [0.05, 0.1) is 6.61 Å². The van der Waals surface area contributed by atoms with Crippen LogP contribution in [0.15, 0.2) is 22.7 Å². The van der Waals surface area contributed by atoms with E-state index in [0.717, 1.165) is 30.7 Å². The molecule has 1 atom stereocenters. The van der Waals surface area contributed by atoms with E-state index in [-0.39, 0.29) is 0 Å². The lowest BCUT2D eigenvalue weighted by atomic mass is 10.1. The Kier molecular flexibility index (Phi) is 7.42. The monoisotopic (exact) mass is 328 g/mol. The van der Waals surface area contributed by atoms with Crippen LogP contribution >= 0.6 is 15.9 Å². The molecule has 0 aliphatic carbocycles. The van der Waals surface area contributed by atoms with Crippen LogP contribution in [-0.2, 0) is 4.74 Å². The second-order valence-corrected chi connectivity index (χ2v) is 5.41. The molecule has 3 nitrogen and oxygen atoms in total. The largest absolute Gasteiger partial charge is 0.383 e. The average Bonchev–Trinajstić information content (AvgIpc) is 2.40. The van der Waals surface area contributed by atoms with Crippen molar-refractivity contribution in [2.24, 2.45) is 0 Å². The van der Waals surface area contributed by atoms with Crippen LogP contribution in [0.3, 0.4) is 0 Å². The fourth-order valence-electron chi connectivity index (χ4n) is 2.15. The molecule has 0 aliphatic rings. The SMILES string of the molecule is CCNC(C)c1ccc(N(CC)CCOC)cc1Br. The molecule has 108 valence electrons. The third-order valence-electron chi connectivity index (χ3n) is 3.27. The number of likely N-dealkylation sites (N-methyl/N-ethyl adjacent to an activating group) is 1. The predicted molar refractivity (Wildman–Crippen MR) is 86.0 cm³/mol. The summed E-state index contributed by atoms with van der Waals surface area (Å²) in [7, 11) is 1.74. The second-order valence-electron chi connectivity index (χ2n) is 4.56. The van der Waals surface area contributed by atoms with Crippen LogP contribution in [0.2, 0.25) is 0 Å². The summed E-state index contributed by atoms with van der Waals surface area (Å²) in [5, 5.41) is 3.44. The predicted octanol–water partition coefficient (Wildman–Crippen LogP) is 3.59. The lowest BCUT2D eigenvalue weighted by molar-refractivity contribution is 0.205. The van der Waals surface area contributed by atoms with Crippen molar-refractivity contribution in [3.05, 3.63) is 28.2 Å². The molecule has 1 aromatic rings. The van der Waals surface area contributed by atoms with Crippen molar-refractivity contribution in [1.82, 2.24) is 5.32 Å². The highest BCUT2D eigenvalue weighted by atomic mass is 79.9. The molecule has 1 aromatic carbocycles. The minimum absolute atomic E-state index is 0.363. The van der Waals surface area contributed by atoms with Crippen LogP contribution in [0.25, 0.3) is 0 Å². The van der Waals surface area contributed by atoms with Gasteiger partial charge in [-0.3, -0.25) is 0 Å². The number of hydrogen-bond acceptors (Lipinski definition) is 3. The maximum absolute atomic E-state index is 5.16. The van der Waals surface area contributed by atoms with E-state index in [0.29, 0.717) is 6.04 Å². The van der Waals surface area contributed by atoms with Gasteiger partial charge in [-0.15, -0.1) is 0 Å². The van der Waals surface area contributed by atoms with Gasteiger partial charge in [0.25, 0.3) is 0 Å². The molecule has 0 fully saturated rings. The van der Waals surface area contributed by atoms with Crippen LogP contribution < -0.4 is 10.2 Å². The van der Waals surface area contributed by atoms with E-state index in [1.807, 2.05) is 0 Å². The molecule has 1 N–H and O–H groups in total. The summed E-state index contributed by atoms with van der Waals surface area (Å²) >= 11 is 3.69. The third kappa shape index (κ3) is 4.79. The van der Waals surface area contributed by atoms with Crippen molar-refractivity contribution in [3.63, 3.8) is 0 Å². The van der Waals surface area contributed by atoms with Gasteiger partial charge in [0.1, 0.15) is 0 Å². The molecule has 1 rings (SSSR count). The van der Waals surface area contributed by atoms with Gasteiger partial charge < -0.3 is 15.0 Å². The van der Waals surface area contributed by atoms with Crippen molar-refractivity contribution < 1.29 is 4.74 Å². The number of nitrogens with zero attached hydrogens (tertiary/aromatic N) is 1. The Hall–Kier alpha value is -0.580. The number of benzene rings is 1. The lowest BCUT2D eigenvalue weighted by Gasteiger charge is -2.24. The smallest absolute Gasteiger partial charge is 0.0637 e. The molecule has 0 aliphatic heterocycles. The normalized spacial score (nSPS) is 12.5. The molecule has 0 spiro atoms. The zero-order chi connectivity index (χ0) is 14.3. The van der Waals surface area contributed by atoms with Crippen molar-refractivity contribution in [2.45, 2.75) is 26.8 Å². The molecular weight excluding hydrogens is 304 g/mol. The Morgan fingerprint density at radius 3 is 2.63 bits per heavy atom. The minimum Gasteiger partial charge on any atom is -0.383 e. The van der Waals surface area contributed by atoms with Gasteiger partial charge in [-0.1, -0.05) is 28.9 Å². The van der Waals surface area contributed by atoms with E-state index in [9.17, 15) is 0 Å². The van der Waals surface area contributed by atoms with E-state index in [4.69, 9.17) is 4.74 Å². The highest BCUT2D eigenvalue weighted by Crippen LogP contribution is 2.28. The Balaban J connectivity index is 2.85. The Bertz CT molecular complexity index is 384. The van der Waals surface area contributed by atoms with Crippen molar-refractivity contribution in [1.29, 1.82) is 0 Å². The van der Waals surface area contributed by atoms with Crippen LogP contribution in [0.5, 0.6) is 0 Å². The molecule has 0 saturated carbocycles. The first kappa shape index (κ1) is 16.5. The van der Waals surface area contributed by atoms with Gasteiger partial charge in [-0.2, -0.15) is 0 Å². The fourth-order valence-corrected chi connectivity index (χ4v) is 2.86. The highest BCUT2D eigenvalue weighted by Gasteiger charge is 2.11. The van der Waals surface area contributed by atoms with E-state index in [1.54, 1.807) is 7.11 Å². The summed E-state index contributed by atoms with van der Waals surface area (Å²) in [4.78, 5) is 2.32. The quantitative estimate of drug-likeness (QED) is 0.789. The fraction of sp³-hybridized carbons (Fsp3) is 0.600. The lowest BCUT2D eigenvalue weighted by Crippen LogP contribution is -2.27. The van der Waals surface area contributed by atoms with Gasteiger partial charge in [-0.25, -0.2) is 0 Å². The zero-order valence-corrected chi connectivity index (χ0v) is 14.0. The second kappa shape index (κ2) is 8.56. The summed E-state index contributed by atoms with van der Waals surface area (Å²) in [5.74, 6) is 0. The number of rotatable bonds is 8. The molecular formula is C15H25BrN2O. The molecule has 0 saturated heterocycles. The first-order valence-electron chi connectivity index (χ1n) is 6.90. The summed E-state index contributed by atoms with van der Waals surface area (Å²) in [6.45, 7) is 10.1. The summed E-state index contributed by atoms with van der Waals surface area (Å²) in [5.41, 5.74) is 2.53. The standard InChI is InChI=1S/C15H25BrN2O/c1-5-17-12(3)14-8-7-13(11-15(14)16)18(6-2)9-10-19-4/h7-8,11-12,17H,5-6,9-10H2,1-4H3. The Morgan fingerprint density at radius 2 is 2.11 bits per heavy atom. The van der Waals surface area contributed by atoms with Crippen molar-refractivity contribution in [3.8, 4) is 0 Å².